The van der Waals surface area contributed by atoms with Crippen molar-refractivity contribution in [2.24, 2.45) is 5.73 Å². The molecule has 3 rings (SSSR count). The molecule has 0 aliphatic heterocycles. The van der Waals surface area contributed by atoms with Crippen molar-refractivity contribution in [3.63, 3.8) is 0 Å². The molecule has 2 heterocycles. The van der Waals surface area contributed by atoms with Gasteiger partial charge in [0, 0.05) is 12.8 Å². The molecule has 2 N–H and O–H groups in total. The van der Waals surface area contributed by atoms with Crippen molar-refractivity contribution in [1.29, 1.82) is 0 Å². The van der Waals surface area contributed by atoms with Gasteiger partial charge in [-0.1, -0.05) is 41.7 Å². The fraction of sp³-hybridized carbons (Fsp3) is 0.231. The highest BCUT2D eigenvalue weighted by Crippen LogP contribution is 2.18. The van der Waals surface area contributed by atoms with E-state index >= 15 is 0 Å². The van der Waals surface area contributed by atoms with Crippen LogP contribution >= 0.6 is 11.3 Å². The van der Waals surface area contributed by atoms with Crippen LogP contribution in [0.25, 0.3) is 4.96 Å². The minimum absolute atomic E-state index is 0.627. The quantitative estimate of drug-likeness (QED) is 0.777. The van der Waals surface area contributed by atoms with Gasteiger partial charge in [-0.05, 0) is 12.1 Å². The minimum atomic E-state index is 0.627. The molecule has 1 aromatic carbocycles. The Bertz CT molecular complexity index is 610. The molecule has 0 radical (unpaired) electrons. The van der Waals surface area contributed by atoms with Gasteiger partial charge in [0.05, 0.1) is 11.9 Å². The monoisotopic (exact) mass is 258 g/mol. The number of aromatic nitrogens is 3. The fourth-order valence-electron chi connectivity index (χ4n) is 1.90. The lowest BCUT2D eigenvalue weighted by Gasteiger charge is -1.95. The van der Waals surface area contributed by atoms with E-state index in [1.807, 2.05) is 28.9 Å². The molecule has 0 saturated carbocycles. The molecule has 18 heavy (non-hydrogen) atoms. The second-order valence-electron chi connectivity index (χ2n) is 4.16. The van der Waals surface area contributed by atoms with Crippen LogP contribution in [0.4, 0.5) is 0 Å². The molecule has 2 aromatic heterocycles. The Morgan fingerprint density at radius 2 is 2.06 bits per heavy atom. The van der Waals surface area contributed by atoms with Crippen LogP contribution < -0.4 is 5.73 Å². The molecule has 0 spiro atoms. The van der Waals surface area contributed by atoms with E-state index in [0.717, 1.165) is 28.5 Å². The summed E-state index contributed by atoms with van der Waals surface area (Å²) in [5.74, 6) is 0. The maximum absolute atomic E-state index is 5.52. The van der Waals surface area contributed by atoms with Crippen molar-refractivity contribution in [2.75, 3.05) is 6.54 Å². The van der Waals surface area contributed by atoms with E-state index < -0.39 is 0 Å². The van der Waals surface area contributed by atoms with Crippen molar-refractivity contribution < 1.29 is 0 Å². The number of nitrogens with zero attached hydrogens (tertiary/aromatic N) is 3. The summed E-state index contributed by atoms with van der Waals surface area (Å²) in [6, 6.07) is 10.4. The number of imidazole rings is 1. The first kappa shape index (κ1) is 11.4. The fourth-order valence-corrected chi connectivity index (χ4v) is 2.83. The Balaban J connectivity index is 1.83. The Labute approximate surface area is 109 Å². The normalized spacial score (nSPS) is 11.2. The summed E-state index contributed by atoms with van der Waals surface area (Å²) >= 11 is 1.64. The SMILES string of the molecule is NCCc1cn2nc(Cc3ccccc3)sc2n1. The van der Waals surface area contributed by atoms with Crippen molar-refractivity contribution in [2.45, 2.75) is 12.8 Å². The molecule has 0 atom stereocenters. The van der Waals surface area contributed by atoms with Crippen molar-refractivity contribution in [3.8, 4) is 0 Å². The predicted molar refractivity (Wildman–Crippen MR) is 72.9 cm³/mol. The highest BCUT2D eigenvalue weighted by Gasteiger charge is 2.08. The van der Waals surface area contributed by atoms with Crippen LogP contribution in [0.5, 0.6) is 0 Å². The van der Waals surface area contributed by atoms with Crippen LogP contribution in [-0.4, -0.2) is 21.1 Å². The number of nitrogens with two attached hydrogens (primary N) is 1. The Kier molecular flexibility index (Phi) is 3.08. The van der Waals surface area contributed by atoms with Crippen LogP contribution in [0.3, 0.4) is 0 Å². The number of hydrogen-bond donors (Lipinski definition) is 1. The first-order chi connectivity index (χ1) is 8.85. The third-order valence-corrected chi connectivity index (χ3v) is 3.66. The first-order valence-electron chi connectivity index (χ1n) is 5.93. The van der Waals surface area contributed by atoms with E-state index in [1.165, 1.54) is 5.56 Å². The van der Waals surface area contributed by atoms with Crippen LogP contribution in [0.1, 0.15) is 16.3 Å². The van der Waals surface area contributed by atoms with Gasteiger partial charge in [-0.15, -0.1) is 0 Å². The van der Waals surface area contributed by atoms with Gasteiger partial charge in [0.1, 0.15) is 5.01 Å². The van der Waals surface area contributed by atoms with Gasteiger partial charge in [-0.2, -0.15) is 5.10 Å². The number of fused-ring (bicyclic) bond motifs is 1. The van der Waals surface area contributed by atoms with Crippen LogP contribution in [-0.2, 0) is 12.8 Å². The summed E-state index contributed by atoms with van der Waals surface area (Å²) in [5, 5.41) is 5.63. The molecule has 0 bridgehead atoms. The summed E-state index contributed by atoms with van der Waals surface area (Å²) in [6.45, 7) is 0.627. The van der Waals surface area contributed by atoms with E-state index in [4.69, 9.17) is 5.73 Å². The molecule has 4 nitrogen and oxygen atoms in total. The summed E-state index contributed by atoms with van der Waals surface area (Å²) in [7, 11) is 0. The molecule has 0 saturated heterocycles. The van der Waals surface area contributed by atoms with Gasteiger partial charge in [0.15, 0.2) is 0 Å². The van der Waals surface area contributed by atoms with E-state index in [9.17, 15) is 0 Å². The van der Waals surface area contributed by atoms with Crippen LogP contribution in [0.2, 0.25) is 0 Å². The van der Waals surface area contributed by atoms with E-state index in [1.54, 1.807) is 11.3 Å². The zero-order chi connectivity index (χ0) is 12.4. The minimum Gasteiger partial charge on any atom is -0.330 e. The molecular formula is C13H14N4S. The molecule has 0 aliphatic rings. The van der Waals surface area contributed by atoms with Crippen LogP contribution in [0, 0.1) is 0 Å². The van der Waals surface area contributed by atoms with Gasteiger partial charge in [0.2, 0.25) is 4.96 Å². The van der Waals surface area contributed by atoms with Gasteiger partial charge in [0.25, 0.3) is 0 Å². The second kappa shape index (κ2) is 4.88. The summed E-state index contributed by atoms with van der Waals surface area (Å²) in [4.78, 5) is 5.45. The largest absolute Gasteiger partial charge is 0.330 e. The van der Waals surface area contributed by atoms with Gasteiger partial charge in [-0.3, -0.25) is 0 Å². The number of rotatable bonds is 4. The first-order valence-corrected chi connectivity index (χ1v) is 6.75. The topological polar surface area (TPSA) is 56.2 Å². The number of benzene rings is 1. The summed E-state index contributed by atoms with van der Waals surface area (Å²) in [5.41, 5.74) is 7.81. The molecule has 0 amide bonds. The molecule has 0 unspecified atom stereocenters. The average Bonchev–Trinajstić information content (AvgIpc) is 2.88. The van der Waals surface area contributed by atoms with Gasteiger partial charge >= 0.3 is 0 Å². The summed E-state index contributed by atoms with van der Waals surface area (Å²) in [6.07, 6.45) is 3.64. The summed E-state index contributed by atoms with van der Waals surface area (Å²) < 4.78 is 1.86. The Morgan fingerprint density at radius 3 is 2.78 bits per heavy atom. The maximum Gasteiger partial charge on any atom is 0.212 e. The van der Waals surface area contributed by atoms with Gasteiger partial charge < -0.3 is 5.73 Å². The lowest BCUT2D eigenvalue weighted by Crippen LogP contribution is -2.02. The molecule has 0 fully saturated rings. The van der Waals surface area contributed by atoms with E-state index in [-0.39, 0.29) is 0 Å². The maximum atomic E-state index is 5.52. The lowest BCUT2D eigenvalue weighted by atomic mass is 10.2. The molecule has 92 valence electrons. The van der Waals surface area contributed by atoms with Crippen LogP contribution in [0.15, 0.2) is 36.5 Å². The van der Waals surface area contributed by atoms with Crippen molar-refractivity contribution in [3.05, 3.63) is 52.8 Å². The number of hydrogen-bond acceptors (Lipinski definition) is 4. The third kappa shape index (κ3) is 2.27. The highest BCUT2D eigenvalue weighted by atomic mass is 32.1. The molecule has 0 aliphatic carbocycles. The van der Waals surface area contributed by atoms with Gasteiger partial charge in [-0.25, -0.2) is 9.50 Å². The Hall–Kier alpha value is -1.72. The lowest BCUT2D eigenvalue weighted by molar-refractivity contribution is 0.902. The smallest absolute Gasteiger partial charge is 0.212 e. The molecule has 5 heteroatoms. The standard InChI is InChI=1S/C13H14N4S/c14-7-6-11-9-17-13(15-11)18-12(16-17)8-10-4-2-1-3-5-10/h1-5,9H,6-8,14H2. The second-order valence-corrected chi connectivity index (χ2v) is 5.20. The zero-order valence-corrected chi connectivity index (χ0v) is 10.7. The Morgan fingerprint density at radius 1 is 1.22 bits per heavy atom. The van der Waals surface area contributed by atoms with Crippen molar-refractivity contribution >= 4 is 16.3 Å². The van der Waals surface area contributed by atoms with Crippen molar-refractivity contribution in [1.82, 2.24) is 14.6 Å². The van der Waals surface area contributed by atoms with E-state index in [0.29, 0.717) is 6.54 Å². The zero-order valence-electron chi connectivity index (χ0n) is 9.91. The predicted octanol–water partition coefficient (Wildman–Crippen LogP) is 1.88. The highest BCUT2D eigenvalue weighted by molar-refractivity contribution is 7.16. The third-order valence-electron chi connectivity index (χ3n) is 2.73. The molecule has 3 aromatic rings. The average molecular weight is 258 g/mol. The molecular weight excluding hydrogens is 244 g/mol. The van der Waals surface area contributed by atoms with E-state index in [2.05, 4.69) is 22.2 Å².